The number of hydrogen-bond acceptors (Lipinski definition) is 0. The fraction of sp³-hybridized carbons (Fsp3) is 0.167. The van der Waals surface area contributed by atoms with E-state index in [1.807, 2.05) is 24.3 Å². The van der Waals surface area contributed by atoms with E-state index in [1.54, 1.807) is 0 Å². The van der Waals surface area contributed by atoms with Crippen molar-refractivity contribution >= 4 is 0 Å². The van der Waals surface area contributed by atoms with Crippen LogP contribution in [0.1, 0.15) is 12.8 Å². The molecular formula is C12H13Fe. The zero-order chi connectivity index (χ0) is 9.07. The van der Waals surface area contributed by atoms with Crippen LogP contribution in [0, 0.1) is 18.7 Å². The molecule has 2 rings (SSSR count). The zero-order valence-corrected chi connectivity index (χ0v) is 8.62. The van der Waals surface area contributed by atoms with Crippen molar-refractivity contribution in [1.82, 2.24) is 0 Å². The maximum atomic E-state index is 4.25. The van der Waals surface area contributed by atoms with E-state index < -0.39 is 0 Å². The summed E-state index contributed by atoms with van der Waals surface area (Å²) in [6.07, 6.45) is 20.0. The maximum absolute atomic E-state index is 4.25. The summed E-state index contributed by atoms with van der Waals surface area (Å²) in [5.74, 6) is 0. The van der Waals surface area contributed by atoms with Gasteiger partial charge in [-0.1, -0.05) is 0 Å². The minimum Gasteiger partial charge on any atom is -0.521 e. The van der Waals surface area contributed by atoms with Crippen molar-refractivity contribution in [1.29, 1.82) is 0 Å². The first-order chi connectivity index (χ1) is 6.00. The molecule has 0 saturated heterocycles. The van der Waals surface area contributed by atoms with Crippen molar-refractivity contribution in [3.05, 3.63) is 61.8 Å². The topological polar surface area (TPSA) is 0 Å². The van der Waals surface area contributed by atoms with E-state index in [1.165, 1.54) is 0 Å². The fourth-order valence-electron chi connectivity index (χ4n) is 0.680. The first kappa shape index (κ1) is 14.7. The maximum Gasteiger partial charge on any atom is 3.00 e. The van der Waals surface area contributed by atoms with Crippen LogP contribution in [-0.4, -0.2) is 0 Å². The molecule has 13 heavy (non-hydrogen) atoms. The molecule has 0 saturated carbocycles. The fourth-order valence-corrected chi connectivity index (χ4v) is 0.680. The molecule has 0 bridgehead atoms. The Balaban J connectivity index is 0. The van der Waals surface area contributed by atoms with Crippen LogP contribution in [0.3, 0.4) is 0 Å². The van der Waals surface area contributed by atoms with Gasteiger partial charge >= 0.3 is 17.1 Å². The largest absolute Gasteiger partial charge is 3.00 e. The number of allylic oxidation sites excluding steroid dienone is 8. The Morgan fingerprint density at radius 1 is 0.923 bits per heavy atom. The van der Waals surface area contributed by atoms with Gasteiger partial charge in [0.2, 0.25) is 0 Å². The van der Waals surface area contributed by atoms with E-state index in [4.69, 9.17) is 0 Å². The minimum absolute atomic E-state index is 0. The predicted octanol–water partition coefficient (Wildman–Crippen LogP) is 3.21. The molecule has 0 aromatic rings. The minimum atomic E-state index is 0. The van der Waals surface area contributed by atoms with E-state index in [-0.39, 0.29) is 17.1 Å². The standard InChI is InChI=1S/2C5H5.C2H3.Fe/c2*1-2-4-5-3-1;1-2;/h2*1-3H,4H2;1H,2H2;/q3*-1;+3. The Labute approximate surface area is 91.9 Å². The van der Waals surface area contributed by atoms with Gasteiger partial charge < -0.3 is 6.58 Å². The van der Waals surface area contributed by atoms with Gasteiger partial charge in [-0.2, -0.15) is 12.2 Å². The third-order valence-corrected chi connectivity index (χ3v) is 1.17. The molecule has 0 N–H and O–H groups in total. The van der Waals surface area contributed by atoms with Gasteiger partial charge in [0, 0.05) is 0 Å². The molecule has 0 amide bonds. The average molecular weight is 213 g/mol. The summed E-state index contributed by atoms with van der Waals surface area (Å²) in [6, 6.07) is 0. The summed E-state index contributed by atoms with van der Waals surface area (Å²) in [6.45, 7) is 7.00. The normalized spacial score (nSPS) is 13.8. The molecular weight excluding hydrogens is 200 g/mol. The van der Waals surface area contributed by atoms with Crippen LogP contribution < -0.4 is 0 Å². The summed E-state index contributed by atoms with van der Waals surface area (Å²) >= 11 is 0. The van der Waals surface area contributed by atoms with Crippen molar-refractivity contribution in [2.45, 2.75) is 12.8 Å². The van der Waals surface area contributed by atoms with Crippen LogP contribution in [0.15, 0.2) is 43.0 Å². The van der Waals surface area contributed by atoms with Crippen LogP contribution in [0.2, 0.25) is 0 Å². The first-order valence-electron chi connectivity index (χ1n) is 3.84. The van der Waals surface area contributed by atoms with E-state index in [2.05, 4.69) is 37.5 Å². The van der Waals surface area contributed by atoms with Crippen LogP contribution in [0.4, 0.5) is 0 Å². The van der Waals surface area contributed by atoms with E-state index >= 15 is 0 Å². The van der Waals surface area contributed by atoms with Crippen molar-refractivity contribution < 1.29 is 17.1 Å². The van der Waals surface area contributed by atoms with Crippen molar-refractivity contribution in [2.75, 3.05) is 0 Å². The van der Waals surface area contributed by atoms with Crippen LogP contribution in [-0.2, 0) is 17.1 Å². The molecule has 0 aromatic heterocycles. The van der Waals surface area contributed by atoms with Crippen molar-refractivity contribution in [3.63, 3.8) is 0 Å². The van der Waals surface area contributed by atoms with Crippen molar-refractivity contribution in [2.24, 2.45) is 0 Å². The van der Waals surface area contributed by atoms with E-state index in [9.17, 15) is 0 Å². The molecule has 1 heteroatoms. The second-order valence-electron chi connectivity index (χ2n) is 2.01. The molecule has 69 valence electrons. The average Bonchev–Trinajstić information content (AvgIpc) is 2.87. The van der Waals surface area contributed by atoms with Gasteiger partial charge in [-0.15, -0.1) is 12.8 Å². The molecule has 0 aliphatic heterocycles. The Hall–Kier alpha value is -0.781. The smallest absolute Gasteiger partial charge is 0.521 e. The molecule has 0 heterocycles. The van der Waals surface area contributed by atoms with Crippen LogP contribution in [0.25, 0.3) is 0 Å². The predicted molar refractivity (Wildman–Crippen MR) is 53.1 cm³/mol. The molecule has 2 aliphatic carbocycles. The van der Waals surface area contributed by atoms with Gasteiger partial charge in [-0.05, 0) is 0 Å². The summed E-state index contributed by atoms with van der Waals surface area (Å²) in [5.41, 5.74) is 0. The van der Waals surface area contributed by atoms with Gasteiger partial charge in [-0.3, -0.25) is 18.7 Å². The summed E-state index contributed by atoms with van der Waals surface area (Å²) in [7, 11) is 0. The van der Waals surface area contributed by atoms with Gasteiger partial charge in [0.25, 0.3) is 0 Å². The second-order valence-corrected chi connectivity index (χ2v) is 2.01. The Morgan fingerprint density at radius 2 is 1.31 bits per heavy atom. The van der Waals surface area contributed by atoms with E-state index in [0.29, 0.717) is 0 Å². The summed E-state index contributed by atoms with van der Waals surface area (Å²) < 4.78 is 0. The van der Waals surface area contributed by atoms with Gasteiger partial charge in [0.05, 0.1) is 0 Å². The van der Waals surface area contributed by atoms with Gasteiger partial charge in [0.15, 0.2) is 0 Å². The third kappa shape index (κ3) is 11.2. The molecule has 0 nitrogen and oxygen atoms in total. The van der Waals surface area contributed by atoms with Gasteiger partial charge in [-0.25, -0.2) is 24.3 Å². The Kier molecular flexibility index (Phi) is 15.6. The van der Waals surface area contributed by atoms with Crippen LogP contribution >= 0.6 is 0 Å². The quantitative estimate of drug-likeness (QED) is 0.428. The third-order valence-electron chi connectivity index (χ3n) is 1.17. The molecule has 2 aliphatic rings. The Morgan fingerprint density at radius 3 is 1.38 bits per heavy atom. The molecule has 0 fully saturated rings. The molecule has 0 atom stereocenters. The van der Waals surface area contributed by atoms with Crippen LogP contribution in [0.5, 0.6) is 0 Å². The van der Waals surface area contributed by atoms with E-state index in [0.717, 1.165) is 12.8 Å². The molecule has 0 unspecified atom stereocenters. The SMILES string of the molecule is [C-]1=CC=CC1.[C-]1=CC=CC1.[CH-]=C.[Fe+3]. The molecule has 0 aromatic carbocycles. The molecule has 1 radical (unpaired) electrons. The monoisotopic (exact) mass is 213 g/mol. The zero-order valence-electron chi connectivity index (χ0n) is 7.52. The first-order valence-corrected chi connectivity index (χ1v) is 3.84. The second kappa shape index (κ2) is 13.8. The number of hydrogen-bond donors (Lipinski definition) is 0. The Bertz CT molecular complexity index is 155. The van der Waals surface area contributed by atoms with Crippen molar-refractivity contribution in [3.8, 4) is 0 Å². The molecule has 0 spiro atoms. The summed E-state index contributed by atoms with van der Waals surface area (Å²) in [4.78, 5) is 0. The number of rotatable bonds is 0. The van der Waals surface area contributed by atoms with Gasteiger partial charge in [0.1, 0.15) is 0 Å². The summed E-state index contributed by atoms with van der Waals surface area (Å²) in [5, 5.41) is 0.